The molecule has 1 unspecified atom stereocenters. The van der Waals surface area contributed by atoms with Crippen LogP contribution in [0.25, 0.3) is 0 Å². The Morgan fingerprint density at radius 2 is 1.90 bits per heavy atom. The second kappa shape index (κ2) is 7.90. The number of benzene rings is 1. The van der Waals surface area contributed by atoms with Crippen molar-refractivity contribution in [2.75, 3.05) is 0 Å². The van der Waals surface area contributed by atoms with Crippen molar-refractivity contribution >= 4 is 29.1 Å². The van der Waals surface area contributed by atoms with Crippen molar-refractivity contribution in [2.24, 2.45) is 0 Å². The molecule has 0 aromatic heterocycles. The van der Waals surface area contributed by atoms with Crippen LogP contribution < -0.4 is 10.1 Å². The van der Waals surface area contributed by atoms with Crippen molar-refractivity contribution in [3.63, 3.8) is 0 Å². The monoisotopic (exact) mass is 329 g/mol. The molecule has 1 aromatic rings. The Bertz CT molecular complexity index is 485. The minimum Gasteiger partial charge on any atom is -0.479 e. The number of carbonyl (C=O) groups excluding carboxylic acids is 1. The lowest BCUT2D eigenvalue weighted by molar-refractivity contribution is -0.128. The molecule has 1 aliphatic rings. The molecule has 0 saturated heterocycles. The lowest BCUT2D eigenvalue weighted by Gasteiger charge is -2.20. The van der Waals surface area contributed by atoms with Gasteiger partial charge in [0.05, 0.1) is 5.02 Å². The van der Waals surface area contributed by atoms with Crippen molar-refractivity contribution < 1.29 is 9.53 Å². The van der Waals surface area contributed by atoms with Crippen LogP contribution in [0.5, 0.6) is 5.75 Å². The van der Waals surface area contributed by atoms with Crippen molar-refractivity contribution in [1.29, 1.82) is 0 Å². The van der Waals surface area contributed by atoms with Gasteiger partial charge in [-0.3, -0.25) is 4.79 Å². The summed E-state index contributed by atoms with van der Waals surface area (Å²) in [4.78, 5) is 12.2. The molecule has 3 nitrogen and oxygen atoms in total. The van der Waals surface area contributed by atoms with Gasteiger partial charge in [-0.25, -0.2) is 0 Å². The lowest BCUT2D eigenvalue weighted by Crippen LogP contribution is -2.42. The van der Waals surface area contributed by atoms with Crippen molar-refractivity contribution in [2.45, 2.75) is 57.6 Å². The SMILES string of the molecule is CC(Oc1ccc(Cl)cc1Cl)C(=O)NC1CCCCCC1. The fourth-order valence-corrected chi connectivity index (χ4v) is 3.01. The van der Waals surface area contributed by atoms with Gasteiger partial charge in [0.2, 0.25) is 0 Å². The van der Waals surface area contributed by atoms with Gasteiger partial charge < -0.3 is 10.1 Å². The summed E-state index contributed by atoms with van der Waals surface area (Å²) in [5, 5.41) is 4.03. The fourth-order valence-electron chi connectivity index (χ4n) is 2.56. The van der Waals surface area contributed by atoms with Crippen LogP contribution in [0.1, 0.15) is 45.4 Å². The zero-order chi connectivity index (χ0) is 15.2. The molecule has 0 heterocycles. The largest absolute Gasteiger partial charge is 0.479 e. The summed E-state index contributed by atoms with van der Waals surface area (Å²) in [6.45, 7) is 1.73. The van der Waals surface area contributed by atoms with Gasteiger partial charge in [0.1, 0.15) is 5.75 Å². The summed E-state index contributed by atoms with van der Waals surface area (Å²) in [5.41, 5.74) is 0. The summed E-state index contributed by atoms with van der Waals surface area (Å²) in [5.74, 6) is 0.387. The van der Waals surface area contributed by atoms with E-state index in [1.807, 2.05) is 0 Å². The summed E-state index contributed by atoms with van der Waals surface area (Å²) < 4.78 is 5.63. The molecular formula is C16H21Cl2NO2. The molecule has 1 atom stereocenters. The molecule has 1 amide bonds. The van der Waals surface area contributed by atoms with Crippen LogP contribution >= 0.6 is 23.2 Å². The number of hydrogen-bond acceptors (Lipinski definition) is 2. The Labute approximate surface area is 136 Å². The van der Waals surface area contributed by atoms with Gasteiger partial charge in [0.25, 0.3) is 5.91 Å². The molecule has 2 rings (SSSR count). The van der Waals surface area contributed by atoms with Gasteiger partial charge in [0, 0.05) is 11.1 Å². The Hall–Kier alpha value is -0.930. The van der Waals surface area contributed by atoms with E-state index in [1.54, 1.807) is 25.1 Å². The quantitative estimate of drug-likeness (QED) is 0.820. The van der Waals surface area contributed by atoms with Crippen LogP contribution in [0.2, 0.25) is 10.0 Å². The van der Waals surface area contributed by atoms with E-state index < -0.39 is 6.10 Å². The Balaban J connectivity index is 1.89. The van der Waals surface area contributed by atoms with E-state index in [0.29, 0.717) is 15.8 Å². The van der Waals surface area contributed by atoms with Crippen LogP contribution in [0.3, 0.4) is 0 Å². The van der Waals surface area contributed by atoms with Gasteiger partial charge in [-0.15, -0.1) is 0 Å². The molecule has 5 heteroatoms. The maximum atomic E-state index is 12.2. The zero-order valence-corrected chi connectivity index (χ0v) is 13.7. The highest BCUT2D eigenvalue weighted by molar-refractivity contribution is 6.35. The lowest BCUT2D eigenvalue weighted by atomic mass is 10.1. The molecule has 0 spiro atoms. The predicted molar refractivity (Wildman–Crippen MR) is 86.2 cm³/mol. The van der Waals surface area contributed by atoms with Gasteiger partial charge >= 0.3 is 0 Å². The molecule has 1 saturated carbocycles. The highest BCUT2D eigenvalue weighted by Gasteiger charge is 2.20. The molecule has 1 aromatic carbocycles. The van der Waals surface area contributed by atoms with E-state index in [9.17, 15) is 4.79 Å². The molecule has 0 bridgehead atoms. The third-order valence-corrected chi connectivity index (χ3v) is 4.30. The fraction of sp³-hybridized carbons (Fsp3) is 0.562. The second-order valence-corrected chi connectivity index (χ2v) is 6.38. The first-order valence-corrected chi connectivity index (χ1v) is 8.24. The van der Waals surface area contributed by atoms with Crippen molar-refractivity contribution in [3.8, 4) is 5.75 Å². The van der Waals surface area contributed by atoms with E-state index >= 15 is 0 Å². The standard InChI is InChI=1S/C16H21Cl2NO2/c1-11(21-15-9-8-12(17)10-14(15)18)16(20)19-13-6-4-2-3-5-7-13/h8-11,13H,2-7H2,1H3,(H,19,20). The van der Waals surface area contributed by atoms with Gasteiger partial charge in [-0.05, 0) is 38.0 Å². The first-order chi connectivity index (χ1) is 10.1. The average Bonchev–Trinajstić information content (AvgIpc) is 2.70. The number of hydrogen-bond donors (Lipinski definition) is 1. The molecular weight excluding hydrogens is 309 g/mol. The number of amides is 1. The first kappa shape index (κ1) is 16.4. The highest BCUT2D eigenvalue weighted by atomic mass is 35.5. The molecule has 0 radical (unpaired) electrons. The second-order valence-electron chi connectivity index (χ2n) is 5.53. The number of nitrogens with one attached hydrogen (secondary N) is 1. The highest BCUT2D eigenvalue weighted by Crippen LogP contribution is 2.28. The number of halogens is 2. The first-order valence-electron chi connectivity index (χ1n) is 7.48. The van der Waals surface area contributed by atoms with Gasteiger partial charge in [-0.2, -0.15) is 0 Å². The number of carbonyl (C=O) groups is 1. The smallest absolute Gasteiger partial charge is 0.260 e. The van der Waals surface area contributed by atoms with E-state index in [2.05, 4.69) is 5.32 Å². The summed E-state index contributed by atoms with van der Waals surface area (Å²) >= 11 is 11.9. The van der Waals surface area contributed by atoms with Crippen LogP contribution in [0, 0.1) is 0 Å². The maximum Gasteiger partial charge on any atom is 0.260 e. The summed E-state index contributed by atoms with van der Waals surface area (Å²) in [7, 11) is 0. The van der Waals surface area contributed by atoms with E-state index in [4.69, 9.17) is 27.9 Å². The maximum absolute atomic E-state index is 12.2. The van der Waals surface area contributed by atoms with Crippen LogP contribution in [0.15, 0.2) is 18.2 Å². The molecule has 116 valence electrons. The Kier molecular flexibility index (Phi) is 6.19. The van der Waals surface area contributed by atoms with Crippen LogP contribution in [0.4, 0.5) is 0 Å². The Morgan fingerprint density at radius 1 is 1.24 bits per heavy atom. The molecule has 21 heavy (non-hydrogen) atoms. The molecule has 0 aliphatic heterocycles. The molecule has 1 N–H and O–H groups in total. The minimum absolute atomic E-state index is 0.0899. The Morgan fingerprint density at radius 3 is 2.52 bits per heavy atom. The topological polar surface area (TPSA) is 38.3 Å². The third-order valence-electron chi connectivity index (χ3n) is 3.77. The van der Waals surface area contributed by atoms with Crippen molar-refractivity contribution in [3.05, 3.63) is 28.2 Å². The number of rotatable bonds is 4. The average molecular weight is 330 g/mol. The van der Waals surface area contributed by atoms with Gasteiger partial charge in [0.15, 0.2) is 6.10 Å². The predicted octanol–water partition coefficient (Wildman–Crippen LogP) is 4.60. The molecule has 1 fully saturated rings. The minimum atomic E-state index is -0.577. The van der Waals surface area contributed by atoms with Crippen molar-refractivity contribution in [1.82, 2.24) is 5.32 Å². The van der Waals surface area contributed by atoms with Gasteiger partial charge in [-0.1, -0.05) is 48.9 Å². The van der Waals surface area contributed by atoms with E-state index in [-0.39, 0.29) is 11.9 Å². The normalized spacial score (nSPS) is 17.9. The zero-order valence-electron chi connectivity index (χ0n) is 12.2. The third kappa shape index (κ3) is 5.08. The number of ether oxygens (including phenoxy) is 1. The summed E-state index contributed by atoms with van der Waals surface area (Å²) in [6.07, 6.45) is 6.43. The van der Waals surface area contributed by atoms with E-state index in [0.717, 1.165) is 12.8 Å². The molecule has 1 aliphatic carbocycles. The van der Waals surface area contributed by atoms with Crippen LogP contribution in [-0.4, -0.2) is 18.1 Å². The summed E-state index contributed by atoms with van der Waals surface area (Å²) in [6, 6.07) is 5.25. The van der Waals surface area contributed by atoms with Crippen LogP contribution in [-0.2, 0) is 4.79 Å². The van der Waals surface area contributed by atoms with E-state index in [1.165, 1.54) is 25.7 Å².